The molecular weight excluding hydrogens is 461 g/mol. The first-order valence-corrected chi connectivity index (χ1v) is 11.1. The number of amides is 1. The molecule has 1 amide bonds. The van der Waals surface area contributed by atoms with Crippen LogP contribution in [0.2, 0.25) is 0 Å². The molecule has 11 heteroatoms. The van der Waals surface area contributed by atoms with Crippen molar-refractivity contribution in [3.8, 4) is 11.1 Å². The van der Waals surface area contributed by atoms with Crippen LogP contribution in [0.25, 0.3) is 11.1 Å². The lowest BCUT2D eigenvalue weighted by Gasteiger charge is -2.20. The van der Waals surface area contributed by atoms with Crippen molar-refractivity contribution in [2.24, 2.45) is 5.92 Å². The van der Waals surface area contributed by atoms with E-state index in [0.29, 0.717) is 35.0 Å². The van der Waals surface area contributed by atoms with Crippen molar-refractivity contribution in [1.29, 1.82) is 0 Å². The van der Waals surface area contributed by atoms with Gasteiger partial charge in [0, 0.05) is 36.6 Å². The van der Waals surface area contributed by atoms with Gasteiger partial charge in [-0.3, -0.25) is 14.8 Å². The van der Waals surface area contributed by atoms with Crippen molar-refractivity contribution < 1.29 is 23.1 Å². The Morgan fingerprint density at radius 2 is 1.89 bits per heavy atom. The Morgan fingerprint density at radius 3 is 2.57 bits per heavy atom. The second-order valence-corrected chi connectivity index (χ2v) is 8.65. The zero-order chi connectivity index (χ0) is 25.3. The lowest BCUT2D eigenvalue weighted by molar-refractivity contribution is -0.141. The van der Waals surface area contributed by atoms with Crippen LogP contribution in [0.1, 0.15) is 48.5 Å². The number of nitrogens with zero attached hydrogens (tertiary/aromatic N) is 4. The van der Waals surface area contributed by atoms with Gasteiger partial charge in [-0.2, -0.15) is 13.2 Å². The number of anilines is 1. The van der Waals surface area contributed by atoms with Gasteiger partial charge < -0.3 is 15.7 Å². The van der Waals surface area contributed by atoms with Gasteiger partial charge in [0.05, 0.1) is 29.5 Å². The van der Waals surface area contributed by atoms with Gasteiger partial charge in [-0.25, -0.2) is 9.97 Å². The highest BCUT2D eigenvalue weighted by Crippen LogP contribution is 2.33. The van der Waals surface area contributed by atoms with E-state index >= 15 is 0 Å². The van der Waals surface area contributed by atoms with Crippen molar-refractivity contribution >= 4 is 11.9 Å². The molecule has 8 nitrogen and oxygen atoms in total. The van der Waals surface area contributed by atoms with E-state index in [4.69, 9.17) is 0 Å². The summed E-state index contributed by atoms with van der Waals surface area (Å²) in [4.78, 5) is 28.9. The van der Waals surface area contributed by atoms with Crippen LogP contribution < -0.4 is 10.6 Å². The van der Waals surface area contributed by atoms with Gasteiger partial charge in [0.2, 0.25) is 11.9 Å². The minimum Gasteiger partial charge on any atom is -0.393 e. The number of nitrogens with one attached hydrogen (secondary N) is 2. The van der Waals surface area contributed by atoms with E-state index in [9.17, 15) is 23.1 Å². The summed E-state index contributed by atoms with van der Waals surface area (Å²) < 4.78 is 39.1. The van der Waals surface area contributed by atoms with Gasteiger partial charge in [0.1, 0.15) is 5.69 Å². The fourth-order valence-corrected chi connectivity index (χ4v) is 4.20. The Balaban J connectivity index is 1.54. The monoisotopic (exact) mass is 486 g/mol. The molecule has 0 aromatic carbocycles. The lowest BCUT2D eigenvalue weighted by Crippen LogP contribution is -2.25. The Kier molecular flexibility index (Phi) is 6.70. The van der Waals surface area contributed by atoms with E-state index < -0.39 is 23.9 Å². The number of aliphatic hydroxyl groups is 1. The van der Waals surface area contributed by atoms with Crippen molar-refractivity contribution in [3.63, 3.8) is 0 Å². The molecule has 0 saturated carbocycles. The van der Waals surface area contributed by atoms with Crippen LogP contribution in [0.5, 0.6) is 0 Å². The zero-order valence-corrected chi connectivity index (χ0v) is 19.3. The molecule has 0 radical (unpaired) electrons. The number of hydrogen-bond donors (Lipinski definition) is 3. The smallest absolute Gasteiger partial charge is 0.393 e. The number of halogens is 3. The number of aliphatic hydroxyl groups excluding tert-OH is 1. The average molecular weight is 486 g/mol. The predicted octanol–water partition coefficient (Wildman–Crippen LogP) is 3.64. The second-order valence-electron chi connectivity index (χ2n) is 8.65. The normalized spacial score (nSPS) is 19.8. The summed E-state index contributed by atoms with van der Waals surface area (Å²) in [6, 6.07) is 5.63. The van der Waals surface area contributed by atoms with Crippen LogP contribution >= 0.6 is 0 Å². The topological polar surface area (TPSA) is 113 Å². The van der Waals surface area contributed by atoms with Gasteiger partial charge in [-0.1, -0.05) is 0 Å². The van der Waals surface area contributed by atoms with Crippen molar-refractivity contribution in [2.45, 2.75) is 45.0 Å². The summed E-state index contributed by atoms with van der Waals surface area (Å²) >= 11 is 0. The van der Waals surface area contributed by atoms with Gasteiger partial charge in [0.25, 0.3) is 0 Å². The molecule has 0 bridgehead atoms. The minimum absolute atomic E-state index is 0.189. The number of aromatic nitrogens is 4. The molecule has 35 heavy (non-hydrogen) atoms. The third kappa shape index (κ3) is 5.24. The Labute approximate surface area is 200 Å². The van der Waals surface area contributed by atoms with E-state index in [1.807, 2.05) is 6.92 Å². The number of rotatable bonds is 6. The van der Waals surface area contributed by atoms with Crippen LogP contribution in [0.4, 0.5) is 19.1 Å². The molecule has 1 fully saturated rings. The first kappa shape index (κ1) is 24.5. The molecule has 0 aliphatic carbocycles. The number of pyridine rings is 2. The van der Waals surface area contributed by atoms with Crippen LogP contribution in [0.3, 0.4) is 0 Å². The Hall–Kier alpha value is -3.60. The standard InChI is InChI=1S/C24H25F3N6O2/c1-12-8-19(30-10-16(12)15-4-6-28-20(9-15)24(25,26)27)13(2)32-23-29-7-5-18(33-23)21-17(14(3)34)11-31-22(21)35/h4-10,13-14,17,21,34H,11H2,1-3H3,(H,31,35)(H,29,32,33)/t13-,14+,17?,21+/m0/s1. The van der Waals surface area contributed by atoms with E-state index in [2.05, 4.69) is 30.6 Å². The molecule has 3 N–H and O–H groups in total. The summed E-state index contributed by atoms with van der Waals surface area (Å²) in [6.07, 6.45) is -0.995. The van der Waals surface area contributed by atoms with Gasteiger partial charge in [-0.15, -0.1) is 0 Å². The fraction of sp³-hybridized carbons (Fsp3) is 0.375. The van der Waals surface area contributed by atoms with Gasteiger partial charge in [0.15, 0.2) is 0 Å². The third-order valence-electron chi connectivity index (χ3n) is 6.12. The fourth-order valence-electron chi connectivity index (χ4n) is 4.20. The summed E-state index contributed by atoms with van der Waals surface area (Å²) in [5.41, 5.74) is 1.89. The Morgan fingerprint density at radius 1 is 1.14 bits per heavy atom. The lowest BCUT2D eigenvalue weighted by atomic mass is 9.88. The van der Waals surface area contributed by atoms with E-state index in [1.54, 1.807) is 32.2 Å². The molecular formula is C24H25F3N6O2. The summed E-state index contributed by atoms with van der Waals surface area (Å²) in [5, 5.41) is 16.0. The predicted molar refractivity (Wildman–Crippen MR) is 122 cm³/mol. The largest absolute Gasteiger partial charge is 0.433 e. The van der Waals surface area contributed by atoms with Crippen LogP contribution in [0.15, 0.2) is 42.9 Å². The first-order chi connectivity index (χ1) is 16.5. The van der Waals surface area contributed by atoms with E-state index in [1.165, 1.54) is 12.3 Å². The zero-order valence-electron chi connectivity index (χ0n) is 19.3. The molecule has 4 heterocycles. The number of hydrogen-bond acceptors (Lipinski definition) is 7. The van der Waals surface area contributed by atoms with Crippen molar-refractivity contribution in [1.82, 2.24) is 25.3 Å². The third-order valence-corrected chi connectivity index (χ3v) is 6.12. The van der Waals surface area contributed by atoms with E-state index in [-0.39, 0.29) is 17.9 Å². The van der Waals surface area contributed by atoms with Gasteiger partial charge in [-0.05, 0) is 56.2 Å². The number of carbonyl (C=O) groups excluding carboxylic acids is 1. The van der Waals surface area contributed by atoms with Crippen molar-refractivity contribution in [2.75, 3.05) is 11.9 Å². The first-order valence-electron chi connectivity index (χ1n) is 11.1. The quantitative estimate of drug-likeness (QED) is 0.488. The molecule has 4 rings (SSSR count). The van der Waals surface area contributed by atoms with Crippen LogP contribution in [-0.4, -0.2) is 43.6 Å². The van der Waals surface area contributed by atoms with Crippen LogP contribution in [0, 0.1) is 12.8 Å². The summed E-state index contributed by atoms with van der Waals surface area (Å²) in [7, 11) is 0. The highest BCUT2D eigenvalue weighted by Gasteiger charge is 2.39. The maximum absolute atomic E-state index is 13.0. The molecule has 3 aromatic rings. The SMILES string of the molecule is Cc1cc([C@H](C)Nc2nccc([C@@H]3C(=O)NCC3[C@@H](C)O)n2)ncc1-c1ccnc(C(F)(F)F)c1. The number of alkyl halides is 3. The minimum atomic E-state index is -4.53. The molecule has 0 spiro atoms. The maximum Gasteiger partial charge on any atom is 0.433 e. The number of aryl methyl sites for hydroxylation is 1. The number of carbonyl (C=O) groups is 1. The highest BCUT2D eigenvalue weighted by molar-refractivity contribution is 5.85. The Bertz CT molecular complexity index is 1230. The molecule has 4 atom stereocenters. The molecule has 184 valence electrons. The van der Waals surface area contributed by atoms with Crippen LogP contribution in [-0.2, 0) is 11.0 Å². The highest BCUT2D eigenvalue weighted by atomic mass is 19.4. The molecule has 1 aliphatic rings. The van der Waals surface area contributed by atoms with E-state index in [0.717, 1.165) is 17.8 Å². The molecule has 3 aromatic heterocycles. The average Bonchev–Trinajstić information content (AvgIpc) is 3.20. The second kappa shape index (κ2) is 9.57. The molecule has 1 saturated heterocycles. The summed E-state index contributed by atoms with van der Waals surface area (Å²) in [5.74, 6) is -0.751. The van der Waals surface area contributed by atoms with Gasteiger partial charge >= 0.3 is 6.18 Å². The van der Waals surface area contributed by atoms with Crippen molar-refractivity contribution in [3.05, 3.63) is 65.5 Å². The molecule has 1 aliphatic heterocycles. The maximum atomic E-state index is 13.0. The summed E-state index contributed by atoms with van der Waals surface area (Å²) in [6.45, 7) is 5.68. The molecule has 1 unspecified atom stereocenters.